The number of hydrogen-bond acceptors (Lipinski definition) is 4. The van der Waals surface area contributed by atoms with Crippen LogP contribution in [-0.4, -0.2) is 18.2 Å². The van der Waals surface area contributed by atoms with Crippen molar-refractivity contribution in [2.45, 2.75) is 26.7 Å². The summed E-state index contributed by atoms with van der Waals surface area (Å²) in [6.07, 6.45) is 0. The van der Waals surface area contributed by atoms with Gasteiger partial charge in [-0.15, -0.1) is 11.3 Å². The van der Waals surface area contributed by atoms with E-state index in [-0.39, 0.29) is 21.2 Å². The van der Waals surface area contributed by atoms with Crippen molar-refractivity contribution in [1.82, 2.24) is 0 Å². The Kier molecular flexibility index (Phi) is 6.82. The highest BCUT2D eigenvalue weighted by atomic mass is 35.5. The number of alkyl halides is 2. The monoisotopic (exact) mass is 499 g/mol. The number of carboxylic acids is 1. The van der Waals surface area contributed by atoms with Crippen LogP contribution in [0.15, 0.2) is 42.5 Å². The fourth-order valence-corrected chi connectivity index (χ4v) is 6.30. The number of thiophene rings is 1. The molecule has 0 amide bonds. The van der Waals surface area contributed by atoms with Crippen LogP contribution in [-0.2, 0) is 15.0 Å². The smallest absolute Gasteiger partial charge is 0.348 e. The fourth-order valence-electron chi connectivity index (χ4n) is 3.29. The highest BCUT2D eigenvalue weighted by molar-refractivity contribution is 7.68. The second-order valence-electron chi connectivity index (χ2n) is 7.38. The molecule has 1 unspecified atom stereocenters. The molecule has 10 heteroatoms. The van der Waals surface area contributed by atoms with Gasteiger partial charge in [-0.05, 0) is 49.2 Å². The minimum atomic E-state index is -3.67. The van der Waals surface area contributed by atoms with Gasteiger partial charge in [0.15, 0.2) is 0 Å². The molecule has 0 aliphatic heterocycles. The Bertz CT molecular complexity index is 1240. The maximum atomic E-state index is 13.9. The molecule has 170 valence electrons. The molecule has 2 N–H and O–H groups in total. The van der Waals surface area contributed by atoms with E-state index >= 15 is 0 Å². The number of rotatable bonds is 7. The van der Waals surface area contributed by atoms with Crippen molar-refractivity contribution in [3.8, 4) is 10.4 Å². The van der Waals surface area contributed by atoms with Gasteiger partial charge in [-0.2, -0.15) is 0 Å². The van der Waals surface area contributed by atoms with Crippen molar-refractivity contribution in [3.63, 3.8) is 0 Å². The zero-order chi connectivity index (χ0) is 23.8. The molecule has 3 rings (SSSR count). The number of halogens is 3. The Morgan fingerprint density at radius 3 is 2.44 bits per heavy atom. The minimum Gasteiger partial charge on any atom is -0.477 e. The minimum absolute atomic E-state index is 0.0717. The molecular weight excluding hydrogens is 479 g/mol. The third-order valence-corrected chi connectivity index (χ3v) is 8.53. The van der Waals surface area contributed by atoms with Gasteiger partial charge >= 0.3 is 13.5 Å². The van der Waals surface area contributed by atoms with Crippen molar-refractivity contribution in [1.29, 1.82) is 0 Å². The number of aromatic carboxylic acids is 1. The normalized spacial score (nSPS) is 13.6. The van der Waals surface area contributed by atoms with Gasteiger partial charge in [0.25, 0.3) is 5.92 Å². The molecule has 1 aromatic heterocycles. The van der Waals surface area contributed by atoms with Gasteiger partial charge < -0.3 is 14.7 Å². The quantitative estimate of drug-likeness (QED) is 0.340. The summed E-state index contributed by atoms with van der Waals surface area (Å²) in [5, 5.41) is 12.8. The molecule has 1 heterocycles. The highest BCUT2D eigenvalue weighted by Crippen LogP contribution is 2.49. The molecule has 0 aliphatic carbocycles. The van der Waals surface area contributed by atoms with Gasteiger partial charge in [0.05, 0.1) is 11.0 Å². The first-order chi connectivity index (χ1) is 14.9. The second kappa shape index (κ2) is 8.94. The van der Waals surface area contributed by atoms with Crippen molar-refractivity contribution >= 4 is 47.4 Å². The molecule has 0 bridgehead atoms. The van der Waals surface area contributed by atoms with Crippen LogP contribution in [0.1, 0.15) is 33.3 Å². The van der Waals surface area contributed by atoms with E-state index < -0.39 is 19.4 Å². The Morgan fingerprint density at radius 2 is 1.88 bits per heavy atom. The van der Waals surface area contributed by atoms with Crippen LogP contribution in [0.4, 0.5) is 14.5 Å². The van der Waals surface area contributed by atoms with Crippen molar-refractivity contribution < 1.29 is 27.8 Å². The Balaban J connectivity index is 2.09. The van der Waals surface area contributed by atoms with Gasteiger partial charge in [-0.25, -0.2) is 13.6 Å². The van der Waals surface area contributed by atoms with E-state index in [1.165, 1.54) is 31.4 Å². The van der Waals surface area contributed by atoms with Gasteiger partial charge in [0.2, 0.25) is 0 Å². The molecule has 3 aromatic rings. The lowest BCUT2D eigenvalue weighted by Crippen LogP contribution is -2.17. The lowest BCUT2D eigenvalue weighted by atomic mass is 10.1. The molecule has 0 saturated heterocycles. The number of carbonyl (C=O) groups is 1. The predicted molar refractivity (Wildman–Crippen MR) is 125 cm³/mol. The van der Waals surface area contributed by atoms with E-state index in [4.69, 9.17) is 16.1 Å². The number of carboxylic acid groups (broad SMARTS) is 1. The fraction of sp³-hybridized carbons (Fsp3) is 0.227. The summed E-state index contributed by atoms with van der Waals surface area (Å²) in [5.74, 6) is -4.42. The summed E-state index contributed by atoms with van der Waals surface area (Å²) in [6.45, 7) is 4.42. The average molecular weight is 500 g/mol. The van der Waals surface area contributed by atoms with Crippen LogP contribution in [0.3, 0.4) is 0 Å². The third-order valence-electron chi connectivity index (χ3n) is 4.84. The Hall–Kier alpha value is -2.25. The number of hydrogen-bond donors (Lipinski definition) is 2. The standard InChI is InChI=1S/C22H21ClF2NO4PS/c1-12-5-8-18(13(2)9-12)31(29,30-4)26-17-11-19(32-20(17)21(27)28)14-6-7-16(23)15(10-14)22(3,24)25/h5-11H,1-4H3,(H,26,29)(H,27,28). The molecule has 0 spiro atoms. The first kappa shape index (κ1) is 24.4. The second-order valence-corrected chi connectivity index (χ2v) is 11.0. The number of anilines is 1. The predicted octanol–water partition coefficient (Wildman–Crippen LogP) is 7.07. The van der Waals surface area contributed by atoms with E-state index in [0.717, 1.165) is 29.4 Å². The van der Waals surface area contributed by atoms with Gasteiger partial charge in [-0.1, -0.05) is 35.4 Å². The maximum Gasteiger partial charge on any atom is 0.348 e. The van der Waals surface area contributed by atoms with Crippen LogP contribution < -0.4 is 10.4 Å². The average Bonchev–Trinajstić information content (AvgIpc) is 3.11. The van der Waals surface area contributed by atoms with Gasteiger partial charge in [-0.3, -0.25) is 4.57 Å². The lowest BCUT2D eigenvalue weighted by Gasteiger charge is -2.20. The lowest BCUT2D eigenvalue weighted by molar-refractivity contribution is 0.0176. The summed E-state index contributed by atoms with van der Waals surface area (Å²) < 4.78 is 46.7. The van der Waals surface area contributed by atoms with Crippen LogP contribution in [0.5, 0.6) is 0 Å². The van der Waals surface area contributed by atoms with E-state index in [1.807, 2.05) is 13.0 Å². The highest BCUT2D eigenvalue weighted by Gasteiger charge is 2.31. The molecule has 0 fully saturated rings. The summed E-state index contributed by atoms with van der Waals surface area (Å²) in [5.41, 5.74) is 1.77. The third kappa shape index (κ3) is 4.89. The van der Waals surface area contributed by atoms with Crippen molar-refractivity contribution in [2.75, 3.05) is 12.2 Å². The molecule has 0 saturated carbocycles. The van der Waals surface area contributed by atoms with Gasteiger partial charge in [0, 0.05) is 29.5 Å². The van der Waals surface area contributed by atoms with Crippen LogP contribution in [0.25, 0.3) is 10.4 Å². The number of aryl methyl sites for hydroxylation is 2. The van der Waals surface area contributed by atoms with E-state index in [0.29, 0.717) is 15.7 Å². The summed E-state index contributed by atoms with van der Waals surface area (Å²) >= 11 is 6.79. The number of nitrogens with one attached hydrogen (secondary N) is 1. The van der Waals surface area contributed by atoms with Crippen molar-refractivity contribution in [3.05, 3.63) is 69.1 Å². The largest absolute Gasteiger partial charge is 0.477 e. The Labute approximate surface area is 193 Å². The van der Waals surface area contributed by atoms with Crippen LogP contribution >= 0.6 is 30.5 Å². The first-order valence-electron chi connectivity index (χ1n) is 9.43. The summed E-state index contributed by atoms with van der Waals surface area (Å²) in [4.78, 5) is 12.1. The molecule has 32 heavy (non-hydrogen) atoms. The summed E-state index contributed by atoms with van der Waals surface area (Å²) in [7, 11) is -2.40. The molecule has 1 atom stereocenters. The molecular formula is C22H21ClF2NO4PS. The van der Waals surface area contributed by atoms with Gasteiger partial charge in [0.1, 0.15) is 4.88 Å². The maximum absolute atomic E-state index is 13.9. The zero-order valence-corrected chi connectivity index (χ0v) is 20.2. The van der Waals surface area contributed by atoms with Crippen LogP contribution in [0.2, 0.25) is 5.02 Å². The topological polar surface area (TPSA) is 75.6 Å². The molecule has 0 radical (unpaired) electrons. The number of benzene rings is 2. The van der Waals surface area contributed by atoms with Crippen molar-refractivity contribution in [2.24, 2.45) is 0 Å². The van der Waals surface area contributed by atoms with E-state index in [9.17, 15) is 23.2 Å². The van der Waals surface area contributed by atoms with E-state index in [2.05, 4.69) is 5.09 Å². The Morgan fingerprint density at radius 1 is 1.19 bits per heavy atom. The molecule has 2 aromatic carbocycles. The van der Waals surface area contributed by atoms with Crippen LogP contribution in [0, 0.1) is 13.8 Å². The van der Waals surface area contributed by atoms with E-state index in [1.54, 1.807) is 19.1 Å². The molecule has 0 aliphatic rings. The SMILES string of the molecule is COP(=O)(Nc1cc(-c2ccc(Cl)c(C(C)(F)F)c2)sc1C(=O)O)c1ccc(C)cc1C. The molecule has 5 nitrogen and oxygen atoms in total. The first-order valence-corrected chi connectivity index (χ1v) is 12.2. The summed E-state index contributed by atoms with van der Waals surface area (Å²) in [6, 6.07) is 10.9. The zero-order valence-electron chi connectivity index (χ0n) is 17.7.